The molecule has 1 saturated heterocycles. The van der Waals surface area contributed by atoms with Crippen LogP contribution in [0.15, 0.2) is 54.6 Å². The Balaban J connectivity index is 1.82. The summed E-state index contributed by atoms with van der Waals surface area (Å²) in [7, 11) is -2.84. The summed E-state index contributed by atoms with van der Waals surface area (Å²) in [6, 6.07) is 13.4. The summed E-state index contributed by atoms with van der Waals surface area (Å²) in [5.74, 6) is -0.0315. The number of aliphatic hydroxyl groups excluding tert-OH is 1. The molecule has 2 aromatic carbocycles. The van der Waals surface area contributed by atoms with Crippen LogP contribution in [0.1, 0.15) is 40.2 Å². The SMILES string of the molecule is COc1ccc(OS(=O)(=O)N(CC(C)C)C[C@@H](O)[C@H](Cc2ccccc2)NC(=O)[C@@H]2COCN2C(=O)OC(C)(C)C)cc1. The lowest BCUT2D eigenvalue weighted by Crippen LogP contribution is -2.56. The molecule has 0 aliphatic carbocycles. The van der Waals surface area contributed by atoms with Gasteiger partial charge < -0.3 is 28.8 Å². The van der Waals surface area contributed by atoms with Gasteiger partial charge in [0.1, 0.15) is 29.9 Å². The first-order valence-electron chi connectivity index (χ1n) is 14.1. The first-order valence-corrected chi connectivity index (χ1v) is 15.5. The number of ether oxygens (including phenoxy) is 3. The van der Waals surface area contributed by atoms with Gasteiger partial charge in [-0.25, -0.2) is 4.79 Å². The van der Waals surface area contributed by atoms with Crippen LogP contribution in [0.5, 0.6) is 11.5 Å². The van der Waals surface area contributed by atoms with Crippen LogP contribution in [-0.4, -0.2) is 92.1 Å². The smallest absolute Gasteiger partial charge is 0.412 e. The quantitative estimate of drug-likeness (QED) is 0.345. The number of methoxy groups -OCH3 is 1. The number of aliphatic hydroxyl groups is 1. The molecule has 0 unspecified atom stereocenters. The normalized spacial score (nSPS) is 17.0. The number of carbonyl (C=O) groups excluding carboxylic acids is 2. The molecule has 3 atom stereocenters. The maximum Gasteiger partial charge on any atom is 0.412 e. The summed E-state index contributed by atoms with van der Waals surface area (Å²) in [6.07, 6.45) is -1.84. The van der Waals surface area contributed by atoms with Gasteiger partial charge in [-0.1, -0.05) is 44.2 Å². The van der Waals surface area contributed by atoms with Gasteiger partial charge in [0.05, 0.1) is 25.9 Å². The summed E-state index contributed by atoms with van der Waals surface area (Å²) in [5.41, 5.74) is 0.0395. The van der Waals surface area contributed by atoms with Crippen molar-refractivity contribution in [3.63, 3.8) is 0 Å². The number of nitrogens with one attached hydrogen (secondary N) is 1. The molecular formula is C30H43N3O9S. The maximum atomic E-state index is 13.5. The largest absolute Gasteiger partial charge is 0.497 e. The monoisotopic (exact) mass is 621 g/mol. The molecule has 0 aromatic heterocycles. The van der Waals surface area contributed by atoms with Crippen molar-refractivity contribution in [2.24, 2.45) is 5.92 Å². The van der Waals surface area contributed by atoms with E-state index in [-0.39, 0.29) is 44.5 Å². The number of hydrogen-bond donors (Lipinski definition) is 2. The second-order valence-electron chi connectivity index (χ2n) is 11.8. The highest BCUT2D eigenvalue weighted by Crippen LogP contribution is 2.22. The van der Waals surface area contributed by atoms with Crippen molar-refractivity contribution in [1.82, 2.24) is 14.5 Å². The molecule has 3 rings (SSSR count). The van der Waals surface area contributed by atoms with Gasteiger partial charge in [0.25, 0.3) is 0 Å². The summed E-state index contributed by atoms with van der Waals surface area (Å²) < 4.78 is 49.1. The molecule has 0 saturated carbocycles. The first kappa shape index (κ1) is 34.1. The van der Waals surface area contributed by atoms with Crippen LogP contribution in [0.2, 0.25) is 0 Å². The van der Waals surface area contributed by atoms with Gasteiger partial charge in [0.15, 0.2) is 0 Å². The molecule has 2 amide bonds. The van der Waals surface area contributed by atoms with Crippen LogP contribution in [0.4, 0.5) is 4.79 Å². The highest BCUT2D eigenvalue weighted by atomic mass is 32.2. The Morgan fingerprint density at radius 3 is 2.28 bits per heavy atom. The zero-order chi connectivity index (χ0) is 31.8. The number of hydrogen-bond acceptors (Lipinski definition) is 9. The summed E-state index contributed by atoms with van der Waals surface area (Å²) in [6.45, 7) is 8.38. The van der Waals surface area contributed by atoms with Crippen molar-refractivity contribution in [1.29, 1.82) is 0 Å². The van der Waals surface area contributed by atoms with Crippen LogP contribution in [-0.2, 0) is 31.0 Å². The third-order valence-electron chi connectivity index (χ3n) is 6.44. The van der Waals surface area contributed by atoms with Crippen molar-refractivity contribution in [3.8, 4) is 11.5 Å². The van der Waals surface area contributed by atoms with Gasteiger partial charge in [-0.15, -0.1) is 0 Å². The molecule has 238 valence electrons. The third kappa shape index (κ3) is 10.4. The maximum absolute atomic E-state index is 13.5. The number of benzene rings is 2. The number of carbonyl (C=O) groups is 2. The molecule has 1 heterocycles. The second kappa shape index (κ2) is 14.9. The van der Waals surface area contributed by atoms with Crippen LogP contribution in [0, 0.1) is 5.92 Å². The van der Waals surface area contributed by atoms with Crippen molar-refractivity contribution >= 4 is 22.3 Å². The Labute approximate surface area is 254 Å². The Morgan fingerprint density at radius 1 is 1.07 bits per heavy atom. The minimum Gasteiger partial charge on any atom is -0.497 e. The van der Waals surface area contributed by atoms with Crippen molar-refractivity contribution in [2.75, 3.05) is 33.5 Å². The Bertz CT molecular complexity index is 1300. The van der Waals surface area contributed by atoms with Gasteiger partial charge in [-0.3, -0.25) is 9.69 Å². The lowest BCUT2D eigenvalue weighted by atomic mass is 10.0. The zero-order valence-corrected chi connectivity index (χ0v) is 26.4. The molecule has 1 aliphatic heterocycles. The zero-order valence-electron chi connectivity index (χ0n) is 25.6. The molecule has 13 heteroatoms. The van der Waals surface area contributed by atoms with Crippen LogP contribution in [0.25, 0.3) is 0 Å². The van der Waals surface area contributed by atoms with Gasteiger partial charge in [0, 0.05) is 13.1 Å². The van der Waals surface area contributed by atoms with E-state index in [0.29, 0.717) is 5.75 Å². The molecule has 1 aliphatic rings. The standard InChI is InChI=1S/C30H43N3O9S/c1-21(2)17-32(43(37,38)42-24-14-12-23(39-6)13-15-24)18-27(34)25(16-22-10-8-7-9-11-22)31-28(35)26-19-40-20-33(26)29(36)41-30(3,4)5/h7-15,21,25-27,34H,16-20H2,1-6H3,(H,31,35)/t25-,26-,27+/m0/s1. The average Bonchev–Trinajstić information content (AvgIpc) is 3.43. The van der Waals surface area contributed by atoms with E-state index in [1.807, 2.05) is 44.2 Å². The molecule has 2 N–H and O–H groups in total. The minimum absolute atomic E-state index is 0.0528. The van der Waals surface area contributed by atoms with Gasteiger partial charge in [0.2, 0.25) is 5.91 Å². The van der Waals surface area contributed by atoms with Crippen molar-refractivity contribution in [3.05, 3.63) is 60.2 Å². The van der Waals surface area contributed by atoms with E-state index in [2.05, 4.69) is 5.32 Å². The van der Waals surface area contributed by atoms with Gasteiger partial charge in [-0.05, 0) is 62.9 Å². The number of amides is 2. The van der Waals surface area contributed by atoms with E-state index < -0.39 is 46.1 Å². The predicted octanol–water partition coefficient (Wildman–Crippen LogP) is 2.96. The molecule has 0 radical (unpaired) electrons. The first-order chi connectivity index (χ1) is 20.2. The van der Waals surface area contributed by atoms with E-state index >= 15 is 0 Å². The van der Waals surface area contributed by atoms with E-state index in [0.717, 1.165) is 9.87 Å². The minimum atomic E-state index is -4.34. The van der Waals surface area contributed by atoms with Crippen LogP contribution < -0.4 is 14.2 Å². The second-order valence-corrected chi connectivity index (χ2v) is 13.3. The summed E-state index contributed by atoms with van der Waals surface area (Å²) in [4.78, 5) is 27.4. The van der Waals surface area contributed by atoms with E-state index in [4.69, 9.17) is 18.4 Å². The molecule has 12 nitrogen and oxygen atoms in total. The highest BCUT2D eigenvalue weighted by Gasteiger charge is 2.39. The van der Waals surface area contributed by atoms with Crippen molar-refractivity contribution < 1.29 is 41.5 Å². The summed E-state index contributed by atoms with van der Waals surface area (Å²) in [5, 5.41) is 14.3. The van der Waals surface area contributed by atoms with E-state index in [1.54, 1.807) is 32.9 Å². The Kier molecular flexibility index (Phi) is 11.8. The number of nitrogens with zero attached hydrogens (tertiary/aromatic N) is 2. The van der Waals surface area contributed by atoms with Crippen molar-refractivity contribution in [2.45, 2.75) is 64.8 Å². The fourth-order valence-electron chi connectivity index (χ4n) is 4.40. The molecule has 2 aromatic rings. The topological polar surface area (TPSA) is 144 Å². The lowest BCUT2D eigenvalue weighted by Gasteiger charge is -2.31. The van der Waals surface area contributed by atoms with E-state index in [9.17, 15) is 23.1 Å². The lowest BCUT2D eigenvalue weighted by molar-refractivity contribution is -0.126. The third-order valence-corrected chi connectivity index (χ3v) is 7.77. The predicted molar refractivity (Wildman–Crippen MR) is 160 cm³/mol. The summed E-state index contributed by atoms with van der Waals surface area (Å²) >= 11 is 0. The molecule has 0 spiro atoms. The van der Waals surface area contributed by atoms with Gasteiger partial charge >= 0.3 is 16.4 Å². The van der Waals surface area contributed by atoms with Gasteiger partial charge in [-0.2, -0.15) is 12.7 Å². The van der Waals surface area contributed by atoms with Crippen LogP contribution >= 0.6 is 0 Å². The van der Waals surface area contributed by atoms with Crippen LogP contribution in [0.3, 0.4) is 0 Å². The fourth-order valence-corrected chi connectivity index (χ4v) is 5.67. The Morgan fingerprint density at radius 2 is 1.70 bits per heavy atom. The fraction of sp³-hybridized carbons (Fsp3) is 0.533. The molecule has 1 fully saturated rings. The molecule has 43 heavy (non-hydrogen) atoms. The average molecular weight is 622 g/mol. The molecular weight excluding hydrogens is 578 g/mol. The Hall–Kier alpha value is -3.39. The van der Waals surface area contributed by atoms with E-state index in [1.165, 1.54) is 24.1 Å². The molecule has 0 bridgehead atoms. The highest BCUT2D eigenvalue weighted by molar-refractivity contribution is 7.84. The number of rotatable bonds is 13.